The summed E-state index contributed by atoms with van der Waals surface area (Å²) in [5.74, 6) is 1.06. The smallest absolute Gasteiger partial charge is 0.325 e. The number of unbranched alkanes of at least 4 members (excludes halogenated alkanes) is 1. The molecule has 8 nitrogen and oxygen atoms in total. The largest absolute Gasteiger partial charge is 0.496 e. The fraction of sp³-hybridized carbons (Fsp3) is 0.600. The van der Waals surface area contributed by atoms with E-state index in [0.29, 0.717) is 26.3 Å². The van der Waals surface area contributed by atoms with Crippen molar-refractivity contribution in [1.29, 1.82) is 0 Å². The molecule has 8 heteroatoms. The van der Waals surface area contributed by atoms with Gasteiger partial charge < -0.3 is 24.6 Å². The number of hydrogen-bond donors (Lipinski definition) is 2. The normalized spacial score (nSPS) is 18.6. The van der Waals surface area contributed by atoms with Crippen LogP contribution in [0.5, 0.6) is 5.75 Å². The van der Waals surface area contributed by atoms with Gasteiger partial charge in [-0.15, -0.1) is 0 Å². The minimum atomic E-state index is -0.837. The maximum Gasteiger partial charge on any atom is 0.325 e. The summed E-state index contributed by atoms with van der Waals surface area (Å²) >= 11 is 0. The lowest BCUT2D eigenvalue weighted by Gasteiger charge is -2.27. The summed E-state index contributed by atoms with van der Waals surface area (Å²) in [4.78, 5) is 19.2. The molecule has 2 aliphatic heterocycles. The highest BCUT2D eigenvalue weighted by Gasteiger charge is 2.35. The Bertz CT molecular complexity index is 1070. The Morgan fingerprint density at radius 2 is 2.08 bits per heavy atom. The highest BCUT2D eigenvalue weighted by Crippen LogP contribution is 2.31. The van der Waals surface area contributed by atoms with Crippen molar-refractivity contribution in [1.82, 2.24) is 9.88 Å². The van der Waals surface area contributed by atoms with Gasteiger partial charge in [0.05, 0.1) is 25.4 Å². The first kappa shape index (κ1) is 28.3. The molecule has 0 unspecified atom stereocenters. The number of aryl methyl sites for hydroxylation is 1. The zero-order chi connectivity index (χ0) is 27.1. The van der Waals surface area contributed by atoms with E-state index in [1.807, 2.05) is 49.9 Å². The quantitative estimate of drug-likeness (QED) is 0.374. The predicted molar refractivity (Wildman–Crippen MR) is 148 cm³/mol. The molecule has 4 rings (SSSR count). The molecule has 2 N–H and O–H groups in total. The lowest BCUT2D eigenvalue weighted by molar-refractivity contribution is -0.143. The number of carboxylic acids is 1. The number of pyridine rings is 1. The molecule has 0 spiro atoms. The highest BCUT2D eigenvalue weighted by molar-refractivity contribution is 5.76. The molecule has 0 aliphatic carbocycles. The van der Waals surface area contributed by atoms with Crippen molar-refractivity contribution in [3.63, 3.8) is 0 Å². The van der Waals surface area contributed by atoms with Gasteiger partial charge in [0, 0.05) is 43.6 Å². The number of aromatic nitrogens is 1. The number of carboxylic acid groups (broad SMARTS) is 1. The van der Waals surface area contributed by atoms with E-state index in [-0.39, 0.29) is 11.7 Å². The van der Waals surface area contributed by atoms with Crippen LogP contribution in [0.2, 0.25) is 0 Å². The Kier molecular flexibility index (Phi) is 9.63. The Hall–Kier alpha value is -2.68. The van der Waals surface area contributed by atoms with Crippen LogP contribution < -0.4 is 10.1 Å². The summed E-state index contributed by atoms with van der Waals surface area (Å²) in [5, 5.41) is 13.5. The number of nitrogens with zero attached hydrogens (tertiary/aromatic N) is 2. The Morgan fingerprint density at radius 1 is 1.26 bits per heavy atom. The van der Waals surface area contributed by atoms with E-state index in [2.05, 4.69) is 11.4 Å². The zero-order valence-electron chi connectivity index (χ0n) is 23.3. The molecular formula is C30H43N3O5. The average molecular weight is 526 g/mol. The number of fused-ring (bicyclic) bond motifs is 1. The van der Waals surface area contributed by atoms with Crippen LogP contribution in [0.4, 0.5) is 5.82 Å². The number of ether oxygens (including phenoxy) is 3. The van der Waals surface area contributed by atoms with E-state index in [1.54, 1.807) is 7.11 Å². The molecule has 38 heavy (non-hydrogen) atoms. The third-order valence-corrected chi connectivity index (χ3v) is 7.22. The number of methoxy groups -OCH3 is 1. The van der Waals surface area contributed by atoms with Crippen molar-refractivity contribution in [2.75, 3.05) is 38.7 Å². The van der Waals surface area contributed by atoms with Gasteiger partial charge in [0.25, 0.3) is 0 Å². The van der Waals surface area contributed by atoms with Gasteiger partial charge in [0.15, 0.2) is 0 Å². The fourth-order valence-electron chi connectivity index (χ4n) is 5.26. The maximum absolute atomic E-state index is 12.4. The van der Waals surface area contributed by atoms with Gasteiger partial charge in [-0.25, -0.2) is 4.98 Å². The average Bonchev–Trinajstić information content (AvgIpc) is 3.35. The lowest BCUT2D eigenvalue weighted by Crippen LogP contribution is -2.34. The third kappa shape index (κ3) is 7.46. The van der Waals surface area contributed by atoms with Crippen LogP contribution in [-0.4, -0.2) is 66.0 Å². The second-order valence-corrected chi connectivity index (χ2v) is 11.2. The Labute approximate surface area is 226 Å². The van der Waals surface area contributed by atoms with Crippen molar-refractivity contribution in [2.24, 2.45) is 0 Å². The molecule has 1 fully saturated rings. The molecule has 1 aromatic heterocycles. The number of likely N-dealkylation sites (tertiary alicyclic amines) is 1. The summed E-state index contributed by atoms with van der Waals surface area (Å²) in [5.41, 5.74) is 3.65. The van der Waals surface area contributed by atoms with Crippen LogP contribution in [-0.2, 0) is 33.7 Å². The molecule has 0 radical (unpaired) electrons. The van der Waals surface area contributed by atoms with Crippen molar-refractivity contribution in [2.45, 2.75) is 83.6 Å². The third-order valence-electron chi connectivity index (χ3n) is 7.22. The van der Waals surface area contributed by atoms with Crippen molar-refractivity contribution < 1.29 is 24.1 Å². The lowest BCUT2D eigenvalue weighted by atomic mass is 9.99. The van der Waals surface area contributed by atoms with Gasteiger partial charge in [-0.2, -0.15) is 0 Å². The van der Waals surface area contributed by atoms with Crippen LogP contribution >= 0.6 is 0 Å². The van der Waals surface area contributed by atoms with Crippen LogP contribution in [0.1, 0.15) is 74.9 Å². The SMILES string of the molecule is COc1cc(CCCCO[C@@H]2CCN([C@@H](C(=O)O)c3ccccc3COC(C)(C)C)C2)nc2c1CCCN2. The molecule has 1 aromatic carbocycles. The zero-order valence-corrected chi connectivity index (χ0v) is 23.3. The number of hydrogen-bond acceptors (Lipinski definition) is 7. The van der Waals surface area contributed by atoms with Gasteiger partial charge in [0.2, 0.25) is 0 Å². The number of anilines is 1. The number of aliphatic carboxylic acids is 1. The Morgan fingerprint density at radius 3 is 2.84 bits per heavy atom. The molecule has 2 aliphatic rings. The number of rotatable bonds is 12. The molecular weight excluding hydrogens is 482 g/mol. The molecule has 2 aromatic rings. The van der Waals surface area contributed by atoms with E-state index in [0.717, 1.165) is 73.5 Å². The van der Waals surface area contributed by atoms with Gasteiger partial charge in [-0.05, 0) is 70.4 Å². The minimum absolute atomic E-state index is 0.0426. The first-order valence-electron chi connectivity index (χ1n) is 13.9. The van der Waals surface area contributed by atoms with Gasteiger partial charge in [-0.1, -0.05) is 24.3 Å². The number of benzene rings is 1. The van der Waals surface area contributed by atoms with Crippen LogP contribution in [0.25, 0.3) is 0 Å². The van der Waals surface area contributed by atoms with Gasteiger partial charge >= 0.3 is 5.97 Å². The second-order valence-electron chi connectivity index (χ2n) is 11.2. The molecule has 1 saturated heterocycles. The van der Waals surface area contributed by atoms with Crippen molar-refractivity contribution in [3.05, 3.63) is 52.7 Å². The van der Waals surface area contributed by atoms with E-state index in [9.17, 15) is 9.90 Å². The monoisotopic (exact) mass is 525 g/mol. The fourth-order valence-corrected chi connectivity index (χ4v) is 5.26. The number of nitrogens with one attached hydrogen (secondary N) is 1. The summed E-state index contributed by atoms with van der Waals surface area (Å²) in [7, 11) is 1.72. The highest BCUT2D eigenvalue weighted by atomic mass is 16.5. The van der Waals surface area contributed by atoms with Crippen molar-refractivity contribution in [3.8, 4) is 5.75 Å². The summed E-state index contributed by atoms with van der Waals surface area (Å²) in [6, 6.07) is 9.07. The molecule has 208 valence electrons. The summed E-state index contributed by atoms with van der Waals surface area (Å²) in [6.07, 6.45) is 5.76. The van der Waals surface area contributed by atoms with E-state index >= 15 is 0 Å². The minimum Gasteiger partial charge on any atom is -0.496 e. The summed E-state index contributed by atoms with van der Waals surface area (Å²) < 4.78 is 17.7. The Balaban J connectivity index is 1.27. The van der Waals surface area contributed by atoms with E-state index in [4.69, 9.17) is 19.2 Å². The van der Waals surface area contributed by atoms with Crippen LogP contribution in [0.15, 0.2) is 30.3 Å². The molecule has 0 saturated carbocycles. The molecule has 0 bridgehead atoms. The second kappa shape index (κ2) is 12.9. The van der Waals surface area contributed by atoms with Crippen LogP contribution in [0.3, 0.4) is 0 Å². The summed E-state index contributed by atoms with van der Waals surface area (Å²) in [6.45, 7) is 9.32. The van der Waals surface area contributed by atoms with Gasteiger partial charge in [-0.3, -0.25) is 9.69 Å². The standard InChI is InChI=1S/C30H43N3O5/c1-30(2,3)38-20-21-10-5-6-12-24(21)27(29(34)35)33-16-14-23(19-33)37-17-8-7-11-22-18-26(36-4)25-13-9-15-31-28(25)32-22/h5-6,10,12,18,23,27H,7-9,11,13-17,19-20H2,1-4H3,(H,31,32)(H,34,35)/t23-,27-/m1/s1. The molecule has 2 atom stereocenters. The maximum atomic E-state index is 12.4. The molecule has 0 amide bonds. The van der Waals surface area contributed by atoms with Gasteiger partial charge in [0.1, 0.15) is 17.6 Å². The first-order valence-corrected chi connectivity index (χ1v) is 13.9. The topological polar surface area (TPSA) is 93.2 Å². The molecule has 3 heterocycles. The van der Waals surface area contributed by atoms with Crippen molar-refractivity contribution >= 4 is 11.8 Å². The van der Waals surface area contributed by atoms with Crippen LogP contribution in [0, 0.1) is 0 Å². The predicted octanol–water partition coefficient (Wildman–Crippen LogP) is 5.00. The van der Waals surface area contributed by atoms with E-state index in [1.165, 1.54) is 5.56 Å². The first-order chi connectivity index (χ1) is 18.2. The van der Waals surface area contributed by atoms with E-state index < -0.39 is 12.0 Å². The number of carbonyl (C=O) groups is 1.